The van der Waals surface area contributed by atoms with E-state index in [0.29, 0.717) is 10.0 Å². The summed E-state index contributed by atoms with van der Waals surface area (Å²) in [7, 11) is 0. The van der Waals surface area contributed by atoms with Crippen molar-refractivity contribution in [3.8, 4) is 0 Å². The molecule has 0 saturated carbocycles. The Morgan fingerprint density at radius 3 is 2.50 bits per heavy atom. The van der Waals surface area contributed by atoms with Gasteiger partial charge in [0.15, 0.2) is 0 Å². The van der Waals surface area contributed by atoms with E-state index in [-0.39, 0.29) is 6.04 Å². The van der Waals surface area contributed by atoms with Gasteiger partial charge in [-0.1, -0.05) is 60.5 Å². The van der Waals surface area contributed by atoms with Gasteiger partial charge < -0.3 is 0 Å². The minimum Gasteiger partial charge on any atom is -0.271 e. The van der Waals surface area contributed by atoms with Crippen molar-refractivity contribution in [3.05, 3.63) is 69.2 Å². The van der Waals surface area contributed by atoms with E-state index >= 15 is 0 Å². The van der Waals surface area contributed by atoms with Gasteiger partial charge in [-0.2, -0.15) is 0 Å². The highest BCUT2D eigenvalue weighted by Crippen LogP contribution is 2.27. The van der Waals surface area contributed by atoms with E-state index in [9.17, 15) is 0 Å². The number of hydrogen-bond acceptors (Lipinski definition) is 2. The van der Waals surface area contributed by atoms with Crippen LogP contribution in [0.5, 0.6) is 0 Å². The fraction of sp³-hybridized carbons (Fsp3) is 0.250. The third-order valence-electron chi connectivity index (χ3n) is 3.45. The molecule has 20 heavy (non-hydrogen) atoms. The van der Waals surface area contributed by atoms with Gasteiger partial charge in [-0.25, -0.2) is 0 Å². The highest BCUT2D eigenvalue weighted by atomic mass is 35.5. The SMILES string of the molecule is CCc1ccccc1C(Cc1ccc(Cl)cc1Cl)NN. The second-order valence-corrected chi connectivity index (χ2v) is 5.56. The van der Waals surface area contributed by atoms with E-state index < -0.39 is 0 Å². The molecule has 0 fully saturated rings. The molecule has 0 aliphatic rings. The number of aryl methyl sites for hydroxylation is 1. The molecule has 0 spiro atoms. The molecule has 2 rings (SSSR count). The molecular formula is C16H18Cl2N2. The Morgan fingerprint density at radius 1 is 1.10 bits per heavy atom. The van der Waals surface area contributed by atoms with Gasteiger partial charge in [0, 0.05) is 10.0 Å². The first-order valence-electron chi connectivity index (χ1n) is 6.63. The summed E-state index contributed by atoms with van der Waals surface area (Å²) in [5, 5.41) is 1.32. The minimum atomic E-state index is 0.0322. The zero-order valence-corrected chi connectivity index (χ0v) is 12.9. The molecule has 0 amide bonds. The molecule has 0 radical (unpaired) electrons. The van der Waals surface area contributed by atoms with Crippen LogP contribution in [-0.2, 0) is 12.8 Å². The van der Waals surface area contributed by atoms with Crippen LogP contribution in [-0.4, -0.2) is 0 Å². The van der Waals surface area contributed by atoms with Crippen LogP contribution < -0.4 is 11.3 Å². The zero-order chi connectivity index (χ0) is 14.5. The van der Waals surface area contributed by atoms with E-state index in [0.717, 1.165) is 18.4 Å². The molecule has 2 aromatic carbocycles. The predicted molar refractivity (Wildman–Crippen MR) is 86.1 cm³/mol. The van der Waals surface area contributed by atoms with Crippen molar-refractivity contribution in [2.24, 2.45) is 5.84 Å². The smallest absolute Gasteiger partial charge is 0.0503 e. The third-order valence-corrected chi connectivity index (χ3v) is 4.04. The Labute approximate surface area is 129 Å². The van der Waals surface area contributed by atoms with Gasteiger partial charge in [0.25, 0.3) is 0 Å². The summed E-state index contributed by atoms with van der Waals surface area (Å²) in [6.07, 6.45) is 1.70. The lowest BCUT2D eigenvalue weighted by Crippen LogP contribution is -2.30. The second kappa shape index (κ2) is 7.09. The zero-order valence-electron chi connectivity index (χ0n) is 11.4. The Balaban J connectivity index is 2.29. The molecule has 0 saturated heterocycles. The van der Waals surface area contributed by atoms with Crippen molar-refractivity contribution in [2.75, 3.05) is 0 Å². The van der Waals surface area contributed by atoms with Gasteiger partial charge in [0.1, 0.15) is 0 Å². The summed E-state index contributed by atoms with van der Waals surface area (Å²) >= 11 is 12.2. The summed E-state index contributed by atoms with van der Waals surface area (Å²) in [6.45, 7) is 2.14. The Hall–Kier alpha value is -1.06. The monoisotopic (exact) mass is 308 g/mol. The van der Waals surface area contributed by atoms with Crippen molar-refractivity contribution >= 4 is 23.2 Å². The van der Waals surface area contributed by atoms with Crippen molar-refractivity contribution in [2.45, 2.75) is 25.8 Å². The second-order valence-electron chi connectivity index (χ2n) is 4.71. The quantitative estimate of drug-likeness (QED) is 0.638. The van der Waals surface area contributed by atoms with Crippen LogP contribution in [0, 0.1) is 0 Å². The van der Waals surface area contributed by atoms with Gasteiger partial charge in [-0.15, -0.1) is 0 Å². The fourth-order valence-corrected chi connectivity index (χ4v) is 2.85. The molecular weight excluding hydrogens is 291 g/mol. The summed E-state index contributed by atoms with van der Waals surface area (Å²) in [6, 6.07) is 13.9. The van der Waals surface area contributed by atoms with Gasteiger partial charge in [0.2, 0.25) is 0 Å². The molecule has 2 aromatic rings. The van der Waals surface area contributed by atoms with Gasteiger partial charge in [-0.3, -0.25) is 11.3 Å². The van der Waals surface area contributed by atoms with E-state index in [1.54, 1.807) is 6.07 Å². The summed E-state index contributed by atoms with van der Waals surface area (Å²) in [4.78, 5) is 0. The predicted octanol–water partition coefficient (Wildman–Crippen LogP) is 4.30. The number of nitrogens with one attached hydrogen (secondary N) is 1. The number of nitrogens with two attached hydrogens (primary N) is 1. The number of benzene rings is 2. The Bertz CT molecular complexity index is 584. The molecule has 0 aromatic heterocycles. The number of hydrazine groups is 1. The summed E-state index contributed by atoms with van der Waals surface area (Å²) in [5.74, 6) is 5.74. The maximum Gasteiger partial charge on any atom is 0.0503 e. The van der Waals surface area contributed by atoms with E-state index in [2.05, 4.69) is 24.5 Å². The van der Waals surface area contributed by atoms with Gasteiger partial charge in [-0.05, 0) is 41.7 Å². The van der Waals surface area contributed by atoms with Crippen LogP contribution in [0.2, 0.25) is 10.0 Å². The molecule has 3 N–H and O–H groups in total. The molecule has 106 valence electrons. The Morgan fingerprint density at radius 2 is 1.85 bits per heavy atom. The summed E-state index contributed by atoms with van der Waals surface area (Å²) < 4.78 is 0. The third kappa shape index (κ3) is 3.53. The van der Waals surface area contributed by atoms with Crippen LogP contribution in [0.4, 0.5) is 0 Å². The lowest BCUT2D eigenvalue weighted by atomic mass is 9.94. The fourth-order valence-electron chi connectivity index (χ4n) is 2.36. The first-order valence-corrected chi connectivity index (χ1v) is 7.39. The molecule has 0 aliphatic heterocycles. The Kier molecular flexibility index (Phi) is 5.44. The largest absolute Gasteiger partial charge is 0.271 e. The number of hydrogen-bond donors (Lipinski definition) is 2. The van der Waals surface area contributed by atoms with Gasteiger partial charge >= 0.3 is 0 Å². The average Bonchev–Trinajstić information content (AvgIpc) is 2.46. The highest BCUT2D eigenvalue weighted by Gasteiger charge is 2.15. The lowest BCUT2D eigenvalue weighted by Gasteiger charge is -2.20. The topological polar surface area (TPSA) is 38.0 Å². The van der Waals surface area contributed by atoms with Crippen molar-refractivity contribution in [1.82, 2.24) is 5.43 Å². The highest BCUT2D eigenvalue weighted by molar-refractivity contribution is 6.35. The molecule has 0 heterocycles. The number of halogens is 2. The van der Waals surface area contributed by atoms with Crippen LogP contribution in [0.15, 0.2) is 42.5 Å². The molecule has 0 bridgehead atoms. The molecule has 1 atom stereocenters. The van der Waals surface area contributed by atoms with Crippen LogP contribution >= 0.6 is 23.2 Å². The van der Waals surface area contributed by atoms with Crippen molar-refractivity contribution in [1.29, 1.82) is 0 Å². The number of rotatable bonds is 5. The van der Waals surface area contributed by atoms with E-state index in [1.165, 1.54) is 11.1 Å². The lowest BCUT2D eigenvalue weighted by molar-refractivity contribution is 0.548. The van der Waals surface area contributed by atoms with Crippen molar-refractivity contribution < 1.29 is 0 Å². The van der Waals surface area contributed by atoms with E-state index in [4.69, 9.17) is 29.0 Å². The maximum atomic E-state index is 6.24. The maximum absolute atomic E-state index is 6.24. The van der Waals surface area contributed by atoms with E-state index in [1.807, 2.05) is 24.3 Å². The molecule has 4 heteroatoms. The first kappa shape index (κ1) is 15.3. The molecule has 0 aliphatic carbocycles. The normalized spacial score (nSPS) is 12.4. The average molecular weight is 309 g/mol. The standard InChI is InChI=1S/C16H18Cl2N2/c1-2-11-5-3-4-6-14(11)16(20-19)9-12-7-8-13(17)10-15(12)18/h3-8,10,16,20H,2,9,19H2,1H3. The summed E-state index contributed by atoms with van der Waals surface area (Å²) in [5.41, 5.74) is 6.43. The first-order chi connectivity index (χ1) is 9.65. The molecule has 1 unspecified atom stereocenters. The van der Waals surface area contributed by atoms with Crippen LogP contribution in [0.3, 0.4) is 0 Å². The van der Waals surface area contributed by atoms with Crippen molar-refractivity contribution in [3.63, 3.8) is 0 Å². The molecule has 2 nitrogen and oxygen atoms in total. The minimum absolute atomic E-state index is 0.0322. The van der Waals surface area contributed by atoms with Gasteiger partial charge in [0.05, 0.1) is 6.04 Å². The van der Waals surface area contributed by atoms with Crippen LogP contribution in [0.25, 0.3) is 0 Å². The van der Waals surface area contributed by atoms with Crippen LogP contribution in [0.1, 0.15) is 29.7 Å².